The highest BCUT2D eigenvalue weighted by Gasteiger charge is 2.42. The molecular formula is C35H70O4. The van der Waals surface area contributed by atoms with Crippen LogP contribution in [0.5, 0.6) is 0 Å². The van der Waals surface area contributed by atoms with E-state index in [4.69, 9.17) is 4.74 Å². The summed E-state index contributed by atoms with van der Waals surface area (Å²) in [7, 11) is 0. The van der Waals surface area contributed by atoms with E-state index in [0.717, 1.165) is 26.1 Å². The van der Waals surface area contributed by atoms with E-state index >= 15 is 0 Å². The Morgan fingerprint density at radius 3 is 1.21 bits per heavy atom. The summed E-state index contributed by atoms with van der Waals surface area (Å²) in [5, 5.41) is 30.1. The Morgan fingerprint density at radius 2 is 0.923 bits per heavy atom. The van der Waals surface area contributed by atoms with E-state index in [0.29, 0.717) is 6.42 Å². The van der Waals surface area contributed by atoms with Crippen LogP contribution in [0.25, 0.3) is 0 Å². The fourth-order valence-corrected chi connectivity index (χ4v) is 6.45. The van der Waals surface area contributed by atoms with Crippen molar-refractivity contribution in [2.45, 2.75) is 193 Å². The van der Waals surface area contributed by atoms with Crippen molar-refractivity contribution in [1.29, 1.82) is 0 Å². The molecule has 1 aliphatic heterocycles. The molecule has 0 amide bonds. The third-order valence-electron chi connectivity index (χ3n) is 9.35. The number of unbranched alkanes of at least 4 members (excludes halogenated alkanes) is 22. The number of aliphatic hydroxyl groups is 3. The first kappa shape index (κ1) is 36.9. The summed E-state index contributed by atoms with van der Waals surface area (Å²) < 4.78 is 5.53. The van der Waals surface area contributed by atoms with Crippen molar-refractivity contribution in [2.24, 2.45) is 11.3 Å². The molecule has 0 bridgehead atoms. The number of aliphatic hydroxyl groups excluding tert-OH is 3. The maximum absolute atomic E-state index is 10.4. The molecule has 1 aliphatic rings. The molecule has 0 radical (unpaired) electrons. The molecule has 1 heterocycles. The lowest BCUT2D eigenvalue weighted by Crippen LogP contribution is -2.47. The zero-order chi connectivity index (χ0) is 28.4. The van der Waals surface area contributed by atoms with Gasteiger partial charge in [-0.2, -0.15) is 0 Å². The van der Waals surface area contributed by atoms with E-state index in [1.807, 2.05) is 6.92 Å². The van der Waals surface area contributed by atoms with E-state index in [1.54, 1.807) is 0 Å². The summed E-state index contributed by atoms with van der Waals surface area (Å²) in [4.78, 5) is 0. The minimum Gasteiger partial charge on any atom is -0.396 e. The van der Waals surface area contributed by atoms with Gasteiger partial charge in [0, 0.05) is 17.9 Å². The van der Waals surface area contributed by atoms with Crippen LogP contribution in [0.15, 0.2) is 0 Å². The van der Waals surface area contributed by atoms with Gasteiger partial charge in [0.2, 0.25) is 0 Å². The van der Waals surface area contributed by atoms with E-state index in [-0.39, 0.29) is 17.9 Å². The molecule has 39 heavy (non-hydrogen) atoms. The van der Waals surface area contributed by atoms with Crippen LogP contribution in [0.4, 0.5) is 0 Å². The number of ether oxygens (including phenoxy) is 1. The van der Waals surface area contributed by atoms with Crippen LogP contribution >= 0.6 is 0 Å². The van der Waals surface area contributed by atoms with Crippen molar-refractivity contribution in [3.63, 3.8) is 0 Å². The first-order valence-electron chi connectivity index (χ1n) is 17.6. The standard InChI is InChI=1S/C35H70O4/c1-3-5-6-7-8-9-10-11-12-13-14-15-16-17-18-19-20-21-22-23-24-25-26-27-35(30-39-31-35)28-32(29-36)34(38)33(37)4-2/h32-34,36-38H,3-31H2,1-2H3/t32-,33+,34-/m0/s1. The van der Waals surface area contributed by atoms with Crippen molar-refractivity contribution in [2.75, 3.05) is 19.8 Å². The zero-order valence-corrected chi connectivity index (χ0v) is 26.5. The summed E-state index contributed by atoms with van der Waals surface area (Å²) in [6, 6.07) is 0. The van der Waals surface area contributed by atoms with E-state index < -0.39 is 12.2 Å². The monoisotopic (exact) mass is 555 g/mol. The summed E-state index contributed by atoms with van der Waals surface area (Å²) in [6.07, 6.45) is 33.2. The molecule has 1 fully saturated rings. The fourth-order valence-electron chi connectivity index (χ4n) is 6.45. The van der Waals surface area contributed by atoms with Gasteiger partial charge in [-0.15, -0.1) is 0 Å². The van der Waals surface area contributed by atoms with E-state index in [2.05, 4.69) is 6.92 Å². The lowest BCUT2D eigenvalue weighted by molar-refractivity contribution is -0.146. The second-order valence-corrected chi connectivity index (χ2v) is 13.1. The highest BCUT2D eigenvalue weighted by atomic mass is 16.5. The molecule has 0 aliphatic carbocycles. The maximum atomic E-state index is 10.4. The van der Waals surface area contributed by atoms with Gasteiger partial charge in [-0.25, -0.2) is 0 Å². The van der Waals surface area contributed by atoms with Crippen molar-refractivity contribution < 1.29 is 20.1 Å². The van der Waals surface area contributed by atoms with Crippen LogP contribution < -0.4 is 0 Å². The zero-order valence-electron chi connectivity index (χ0n) is 26.5. The topological polar surface area (TPSA) is 69.9 Å². The molecule has 0 unspecified atom stereocenters. The summed E-state index contributed by atoms with van der Waals surface area (Å²) in [5.74, 6) is -0.256. The maximum Gasteiger partial charge on any atom is 0.0849 e. The molecule has 1 saturated heterocycles. The van der Waals surface area contributed by atoms with Crippen LogP contribution in [0.3, 0.4) is 0 Å². The second-order valence-electron chi connectivity index (χ2n) is 13.1. The van der Waals surface area contributed by atoms with Gasteiger partial charge in [0.15, 0.2) is 0 Å². The second kappa shape index (κ2) is 25.5. The Kier molecular flexibility index (Phi) is 24.1. The van der Waals surface area contributed by atoms with Gasteiger partial charge in [0.05, 0.1) is 25.4 Å². The van der Waals surface area contributed by atoms with Gasteiger partial charge < -0.3 is 20.1 Å². The smallest absolute Gasteiger partial charge is 0.0849 e. The van der Waals surface area contributed by atoms with Crippen LogP contribution in [0.2, 0.25) is 0 Å². The van der Waals surface area contributed by atoms with Gasteiger partial charge in [0.1, 0.15) is 0 Å². The van der Waals surface area contributed by atoms with E-state index in [1.165, 1.54) is 148 Å². The Bertz CT molecular complexity index is 507. The normalized spacial score (nSPS) is 17.2. The van der Waals surface area contributed by atoms with Gasteiger partial charge >= 0.3 is 0 Å². The summed E-state index contributed by atoms with van der Waals surface area (Å²) in [6.45, 7) is 5.56. The molecule has 3 atom stereocenters. The Morgan fingerprint density at radius 1 is 0.564 bits per heavy atom. The SMILES string of the molecule is CCCCCCCCCCCCCCCCCCCCCCCCCC1(C[C@@H](CO)[C@H](O)[C@H](O)CC)COC1. The molecule has 0 aromatic heterocycles. The Hall–Kier alpha value is -0.160. The number of rotatable bonds is 30. The van der Waals surface area contributed by atoms with E-state index in [9.17, 15) is 15.3 Å². The fraction of sp³-hybridized carbons (Fsp3) is 1.00. The largest absolute Gasteiger partial charge is 0.396 e. The summed E-state index contributed by atoms with van der Waals surface area (Å²) >= 11 is 0. The average Bonchev–Trinajstić information content (AvgIpc) is 2.93. The van der Waals surface area contributed by atoms with Gasteiger partial charge in [-0.3, -0.25) is 0 Å². The van der Waals surface area contributed by atoms with Crippen molar-refractivity contribution in [3.8, 4) is 0 Å². The van der Waals surface area contributed by atoms with Crippen molar-refractivity contribution in [1.82, 2.24) is 0 Å². The highest BCUT2D eigenvalue weighted by Crippen LogP contribution is 2.41. The molecule has 4 nitrogen and oxygen atoms in total. The predicted octanol–water partition coefficient (Wildman–Crippen LogP) is 9.52. The third kappa shape index (κ3) is 18.8. The minimum atomic E-state index is -0.841. The number of hydrogen-bond acceptors (Lipinski definition) is 4. The predicted molar refractivity (Wildman–Crippen MR) is 167 cm³/mol. The first-order valence-corrected chi connectivity index (χ1v) is 17.6. The van der Waals surface area contributed by atoms with Crippen LogP contribution in [0, 0.1) is 11.3 Å². The molecule has 234 valence electrons. The van der Waals surface area contributed by atoms with Gasteiger partial charge in [-0.1, -0.05) is 162 Å². The highest BCUT2D eigenvalue weighted by molar-refractivity contribution is 4.90. The molecule has 3 N–H and O–H groups in total. The molecule has 0 saturated carbocycles. The van der Waals surface area contributed by atoms with Crippen LogP contribution in [-0.4, -0.2) is 47.3 Å². The molecule has 0 spiro atoms. The van der Waals surface area contributed by atoms with Gasteiger partial charge in [0.25, 0.3) is 0 Å². The van der Waals surface area contributed by atoms with Gasteiger partial charge in [-0.05, 0) is 19.3 Å². The molecular weight excluding hydrogens is 484 g/mol. The summed E-state index contributed by atoms with van der Waals surface area (Å²) in [5.41, 5.74) is 0.0923. The number of hydrogen-bond donors (Lipinski definition) is 3. The molecule has 4 heteroatoms. The average molecular weight is 555 g/mol. The van der Waals surface area contributed by atoms with Crippen LogP contribution in [-0.2, 0) is 4.74 Å². The lowest BCUT2D eigenvalue weighted by atomic mass is 9.72. The molecule has 1 rings (SSSR count). The van der Waals surface area contributed by atoms with Crippen molar-refractivity contribution in [3.05, 3.63) is 0 Å². The quantitative estimate of drug-likeness (QED) is 0.0773. The Labute approximate surface area is 244 Å². The van der Waals surface area contributed by atoms with Crippen molar-refractivity contribution >= 4 is 0 Å². The molecule has 0 aromatic carbocycles. The molecule has 0 aromatic rings. The Balaban J connectivity index is 1.85. The third-order valence-corrected chi connectivity index (χ3v) is 9.35. The lowest BCUT2D eigenvalue weighted by Gasteiger charge is -2.44. The first-order chi connectivity index (χ1) is 19.1. The minimum absolute atomic E-state index is 0.0701. The van der Waals surface area contributed by atoms with Crippen LogP contribution in [0.1, 0.15) is 181 Å².